The summed E-state index contributed by atoms with van der Waals surface area (Å²) in [6.45, 7) is 1.57. The first-order valence-electron chi connectivity index (χ1n) is 13.0. The molecule has 12 heteroatoms. The second-order valence-corrected chi connectivity index (χ2v) is 9.66. The number of rotatable bonds is 9. The quantitative estimate of drug-likeness (QED) is 0.180. The first kappa shape index (κ1) is 31.4. The number of alkyl halides is 3. The van der Waals surface area contributed by atoms with Crippen molar-refractivity contribution in [3.05, 3.63) is 94.3 Å². The lowest BCUT2D eigenvalue weighted by molar-refractivity contribution is -0.276. The van der Waals surface area contributed by atoms with Crippen LogP contribution in [0.2, 0.25) is 0 Å². The standard InChI is InChI=1S/C30H25F9O3/c1-2-3-4-5-22(31)27(36)17-7-9-20(24(33)11-17)16-6-8-21(23(32)10-16)19-14-40-29(41-15-19)18-12-25(34)28(26(35)13-18)42-30(37,38)39/h6-13,19,29H,2-5,14-15H2,1H3/b27-22+. The Morgan fingerprint density at radius 1 is 0.833 bits per heavy atom. The van der Waals surface area contributed by atoms with Gasteiger partial charge >= 0.3 is 6.36 Å². The van der Waals surface area contributed by atoms with Crippen LogP contribution in [0.5, 0.6) is 5.75 Å². The molecule has 1 heterocycles. The van der Waals surface area contributed by atoms with Crippen LogP contribution in [-0.4, -0.2) is 19.6 Å². The van der Waals surface area contributed by atoms with Gasteiger partial charge in [-0.15, -0.1) is 13.2 Å². The minimum atomic E-state index is -5.30. The molecule has 0 saturated carbocycles. The largest absolute Gasteiger partial charge is 0.573 e. The van der Waals surface area contributed by atoms with Gasteiger partial charge in [-0.3, -0.25) is 0 Å². The van der Waals surface area contributed by atoms with E-state index < -0.39 is 59.2 Å². The Morgan fingerprint density at radius 2 is 1.50 bits per heavy atom. The van der Waals surface area contributed by atoms with E-state index in [0.717, 1.165) is 25.0 Å². The normalized spacial score (nSPS) is 18.1. The molecule has 0 bridgehead atoms. The van der Waals surface area contributed by atoms with E-state index in [1.165, 1.54) is 24.3 Å². The third-order valence-electron chi connectivity index (χ3n) is 6.62. The maximum absolute atomic E-state index is 15.1. The Balaban J connectivity index is 1.44. The average molecular weight is 605 g/mol. The molecule has 1 aliphatic rings. The van der Waals surface area contributed by atoms with E-state index in [0.29, 0.717) is 18.6 Å². The number of unbranched alkanes of at least 4 members (excludes halogenated alkanes) is 2. The monoisotopic (exact) mass is 604 g/mol. The van der Waals surface area contributed by atoms with Gasteiger partial charge in [0.05, 0.1) is 13.2 Å². The van der Waals surface area contributed by atoms with E-state index in [2.05, 4.69) is 4.74 Å². The summed E-state index contributed by atoms with van der Waals surface area (Å²) in [6.07, 6.45) is -4.71. The zero-order valence-electron chi connectivity index (χ0n) is 22.1. The number of benzene rings is 3. The first-order chi connectivity index (χ1) is 19.9. The predicted molar refractivity (Wildman–Crippen MR) is 135 cm³/mol. The smallest absolute Gasteiger partial charge is 0.399 e. The Morgan fingerprint density at radius 3 is 2.07 bits per heavy atom. The highest BCUT2D eigenvalue weighted by Crippen LogP contribution is 2.37. The molecule has 4 rings (SSSR count). The van der Waals surface area contributed by atoms with Gasteiger partial charge in [0, 0.05) is 29.0 Å². The molecule has 0 amide bonds. The van der Waals surface area contributed by atoms with Crippen molar-refractivity contribution in [1.29, 1.82) is 0 Å². The van der Waals surface area contributed by atoms with E-state index in [9.17, 15) is 35.1 Å². The molecule has 0 unspecified atom stereocenters. The molecule has 1 fully saturated rings. The van der Waals surface area contributed by atoms with Crippen LogP contribution in [0.4, 0.5) is 39.5 Å². The fraction of sp³-hybridized carbons (Fsp3) is 0.333. The zero-order chi connectivity index (χ0) is 30.6. The number of hydrogen-bond donors (Lipinski definition) is 0. The lowest BCUT2D eigenvalue weighted by Crippen LogP contribution is -2.26. The van der Waals surface area contributed by atoms with Gasteiger partial charge in [0.15, 0.2) is 23.8 Å². The summed E-state index contributed by atoms with van der Waals surface area (Å²) in [5, 5.41) is 0. The van der Waals surface area contributed by atoms with Crippen molar-refractivity contribution < 1.29 is 53.7 Å². The van der Waals surface area contributed by atoms with Crippen LogP contribution in [0.3, 0.4) is 0 Å². The van der Waals surface area contributed by atoms with Crippen molar-refractivity contribution in [3.8, 4) is 16.9 Å². The predicted octanol–water partition coefficient (Wildman–Crippen LogP) is 9.83. The highest BCUT2D eigenvalue weighted by molar-refractivity contribution is 5.69. The maximum atomic E-state index is 15.1. The lowest BCUT2D eigenvalue weighted by Gasteiger charge is -2.30. The fourth-order valence-corrected chi connectivity index (χ4v) is 4.51. The molecule has 42 heavy (non-hydrogen) atoms. The summed E-state index contributed by atoms with van der Waals surface area (Å²) in [6, 6.07) is 8.26. The minimum absolute atomic E-state index is 0.0402. The van der Waals surface area contributed by atoms with Gasteiger partial charge in [-0.05, 0) is 41.8 Å². The Hall–Kier alpha value is -3.51. The molecule has 0 spiro atoms. The topological polar surface area (TPSA) is 27.7 Å². The lowest BCUT2D eigenvalue weighted by atomic mass is 9.95. The van der Waals surface area contributed by atoms with E-state index >= 15 is 4.39 Å². The SMILES string of the molecule is CCCCC/C(F)=C(\F)c1ccc(-c2ccc(C3COC(c4cc(F)c(OC(F)(F)F)c(F)c4)OC3)c(F)c2)c(F)c1. The second kappa shape index (κ2) is 13.2. The van der Waals surface area contributed by atoms with Gasteiger partial charge in [0.2, 0.25) is 5.75 Å². The van der Waals surface area contributed by atoms with Crippen LogP contribution in [0.15, 0.2) is 54.4 Å². The van der Waals surface area contributed by atoms with Crippen molar-refractivity contribution in [2.24, 2.45) is 0 Å². The van der Waals surface area contributed by atoms with Gasteiger partial charge in [-0.25, -0.2) is 26.3 Å². The van der Waals surface area contributed by atoms with Crippen LogP contribution < -0.4 is 4.74 Å². The van der Waals surface area contributed by atoms with E-state index in [4.69, 9.17) is 9.47 Å². The fourth-order valence-electron chi connectivity index (χ4n) is 4.51. The molecule has 0 atom stereocenters. The molecule has 1 saturated heterocycles. The molecule has 226 valence electrons. The summed E-state index contributed by atoms with van der Waals surface area (Å²) in [4.78, 5) is 0. The van der Waals surface area contributed by atoms with E-state index in [1.54, 1.807) is 0 Å². The summed E-state index contributed by atoms with van der Waals surface area (Å²) in [5.41, 5.74) is -0.295. The molecule has 0 N–H and O–H groups in total. The zero-order valence-corrected chi connectivity index (χ0v) is 22.1. The molecular formula is C30H25F9O3. The minimum Gasteiger partial charge on any atom is -0.399 e. The van der Waals surface area contributed by atoms with Gasteiger partial charge in [0.25, 0.3) is 0 Å². The van der Waals surface area contributed by atoms with Gasteiger partial charge in [-0.1, -0.05) is 44.0 Å². The van der Waals surface area contributed by atoms with Crippen molar-refractivity contribution in [2.75, 3.05) is 13.2 Å². The van der Waals surface area contributed by atoms with Crippen molar-refractivity contribution in [2.45, 2.75) is 51.2 Å². The van der Waals surface area contributed by atoms with Crippen LogP contribution in [0, 0.1) is 23.3 Å². The van der Waals surface area contributed by atoms with Crippen molar-refractivity contribution in [3.63, 3.8) is 0 Å². The number of allylic oxidation sites excluding steroid dienone is 1. The molecule has 0 aromatic heterocycles. The Kier molecular flexibility index (Phi) is 9.88. The molecule has 1 aliphatic heterocycles. The number of hydrogen-bond acceptors (Lipinski definition) is 3. The van der Waals surface area contributed by atoms with Crippen LogP contribution >= 0.6 is 0 Å². The van der Waals surface area contributed by atoms with Gasteiger partial charge < -0.3 is 14.2 Å². The summed E-state index contributed by atoms with van der Waals surface area (Å²) >= 11 is 0. The second-order valence-electron chi connectivity index (χ2n) is 9.66. The summed E-state index contributed by atoms with van der Waals surface area (Å²) in [5.74, 6) is -9.27. The van der Waals surface area contributed by atoms with E-state index in [-0.39, 0.29) is 47.5 Å². The maximum Gasteiger partial charge on any atom is 0.573 e. The van der Waals surface area contributed by atoms with Crippen LogP contribution in [0.25, 0.3) is 17.0 Å². The number of ether oxygens (including phenoxy) is 3. The molecule has 3 aromatic rings. The van der Waals surface area contributed by atoms with Crippen molar-refractivity contribution in [1.82, 2.24) is 0 Å². The molecular weight excluding hydrogens is 579 g/mol. The highest BCUT2D eigenvalue weighted by Gasteiger charge is 2.35. The molecule has 3 nitrogen and oxygen atoms in total. The third-order valence-corrected chi connectivity index (χ3v) is 6.62. The summed E-state index contributed by atoms with van der Waals surface area (Å²) < 4.78 is 138. The van der Waals surface area contributed by atoms with Crippen LogP contribution in [0.1, 0.15) is 61.5 Å². The summed E-state index contributed by atoms with van der Waals surface area (Å²) in [7, 11) is 0. The third kappa shape index (κ3) is 7.46. The van der Waals surface area contributed by atoms with Gasteiger partial charge in [-0.2, -0.15) is 0 Å². The number of halogens is 9. The van der Waals surface area contributed by atoms with Crippen LogP contribution in [-0.2, 0) is 9.47 Å². The Bertz CT molecular complexity index is 1420. The average Bonchev–Trinajstić information content (AvgIpc) is 2.94. The van der Waals surface area contributed by atoms with E-state index in [1.807, 2.05) is 6.92 Å². The molecule has 3 aromatic carbocycles. The first-order valence-corrected chi connectivity index (χ1v) is 13.0. The Labute approximate surface area is 235 Å². The van der Waals surface area contributed by atoms with Gasteiger partial charge in [0.1, 0.15) is 17.5 Å². The molecule has 0 radical (unpaired) electrons. The van der Waals surface area contributed by atoms with Crippen molar-refractivity contribution >= 4 is 5.83 Å². The molecule has 0 aliphatic carbocycles. The highest BCUT2D eigenvalue weighted by atomic mass is 19.4.